The van der Waals surface area contributed by atoms with E-state index in [1.54, 1.807) is 25.3 Å². The van der Waals surface area contributed by atoms with E-state index >= 15 is 0 Å². The maximum atomic E-state index is 12.6. The lowest BCUT2D eigenvalue weighted by atomic mass is 9.91. The Morgan fingerprint density at radius 1 is 1.32 bits per heavy atom. The quantitative estimate of drug-likeness (QED) is 0.833. The second-order valence-electron chi connectivity index (χ2n) is 5.61. The third-order valence-corrected chi connectivity index (χ3v) is 3.65. The third-order valence-electron chi connectivity index (χ3n) is 3.65. The highest BCUT2D eigenvalue weighted by Crippen LogP contribution is 2.26. The van der Waals surface area contributed by atoms with Gasteiger partial charge >= 0.3 is 0 Å². The van der Waals surface area contributed by atoms with E-state index in [4.69, 9.17) is 10.5 Å². The van der Waals surface area contributed by atoms with Gasteiger partial charge in [-0.05, 0) is 36.5 Å². The largest absolute Gasteiger partial charge is 0.497 e. The van der Waals surface area contributed by atoms with Crippen molar-refractivity contribution >= 4 is 11.6 Å². The van der Waals surface area contributed by atoms with Crippen LogP contribution >= 0.6 is 0 Å². The lowest BCUT2D eigenvalue weighted by Gasteiger charge is -2.35. The van der Waals surface area contributed by atoms with E-state index in [0.717, 1.165) is 13.1 Å². The van der Waals surface area contributed by atoms with Crippen LogP contribution < -0.4 is 10.5 Å². The van der Waals surface area contributed by atoms with Crippen LogP contribution in [-0.2, 0) is 0 Å². The Balaban J connectivity index is 2.23. The number of amides is 1. The van der Waals surface area contributed by atoms with E-state index in [9.17, 15) is 4.79 Å². The summed E-state index contributed by atoms with van der Waals surface area (Å²) in [7, 11) is 1.59. The summed E-state index contributed by atoms with van der Waals surface area (Å²) in [5, 5.41) is 0. The molecule has 104 valence electrons. The number of carbonyl (C=O) groups is 1. The molecule has 0 aliphatic carbocycles. The molecule has 1 saturated heterocycles. The molecule has 0 bridgehead atoms. The van der Waals surface area contributed by atoms with Gasteiger partial charge in [0.05, 0.1) is 12.7 Å². The minimum absolute atomic E-state index is 0.00907. The normalized spacial score (nSPS) is 23.2. The molecule has 1 aliphatic rings. The highest BCUT2D eigenvalue weighted by molar-refractivity contribution is 5.99. The van der Waals surface area contributed by atoms with E-state index in [1.165, 1.54) is 6.42 Å². The molecule has 2 rings (SSSR count). The van der Waals surface area contributed by atoms with E-state index in [1.807, 2.05) is 4.90 Å². The smallest absolute Gasteiger partial charge is 0.256 e. The van der Waals surface area contributed by atoms with Crippen molar-refractivity contribution in [3.8, 4) is 5.75 Å². The summed E-state index contributed by atoms with van der Waals surface area (Å²) in [5.41, 5.74) is 6.97. The fourth-order valence-electron chi connectivity index (χ4n) is 2.85. The zero-order chi connectivity index (χ0) is 14.0. The van der Waals surface area contributed by atoms with Gasteiger partial charge in [0, 0.05) is 18.8 Å². The molecule has 0 radical (unpaired) electrons. The van der Waals surface area contributed by atoms with Crippen LogP contribution in [0.1, 0.15) is 30.6 Å². The fourth-order valence-corrected chi connectivity index (χ4v) is 2.85. The summed E-state index contributed by atoms with van der Waals surface area (Å²) < 4.78 is 5.16. The zero-order valence-electron chi connectivity index (χ0n) is 11.8. The molecule has 1 aliphatic heterocycles. The minimum atomic E-state index is 0.00907. The van der Waals surface area contributed by atoms with Crippen molar-refractivity contribution in [3.05, 3.63) is 23.8 Å². The molecule has 2 N–H and O–H groups in total. The first-order valence-electron chi connectivity index (χ1n) is 6.74. The minimum Gasteiger partial charge on any atom is -0.497 e. The van der Waals surface area contributed by atoms with Crippen molar-refractivity contribution in [3.63, 3.8) is 0 Å². The van der Waals surface area contributed by atoms with Crippen molar-refractivity contribution in [1.29, 1.82) is 0 Å². The highest BCUT2D eigenvalue weighted by Gasteiger charge is 2.27. The number of hydrogen-bond donors (Lipinski definition) is 1. The molecular formula is C15H22N2O2. The molecule has 1 amide bonds. The molecule has 0 unspecified atom stereocenters. The maximum Gasteiger partial charge on any atom is 0.256 e. The molecule has 4 heteroatoms. The van der Waals surface area contributed by atoms with Crippen LogP contribution in [0.15, 0.2) is 18.2 Å². The average molecular weight is 262 g/mol. The van der Waals surface area contributed by atoms with E-state index in [-0.39, 0.29) is 5.91 Å². The molecule has 1 aromatic carbocycles. The number of benzene rings is 1. The van der Waals surface area contributed by atoms with Gasteiger partial charge in [-0.3, -0.25) is 4.79 Å². The van der Waals surface area contributed by atoms with Gasteiger partial charge < -0.3 is 15.4 Å². The van der Waals surface area contributed by atoms with Crippen molar-refractivity contribution in [1.82, 2.24) is 4.90 Å². The predicted octanol–water partition coefficient (Wildman–Crippen LogP) is 2.40. The number of hydrogen-bond acceptors (Lipinski definition) is 3. The Kier molecular flexibility index (Phi) is 3.98. The summed E-state index contributed by atoms with van der Waals surface area (Å²) in [6.07, 6.45) is 1.18. The standard InChI is InChI=1S/C15H22N2O2/c1-10-6-11(2)9-17(8-10)15(18)13-7-12(19-3)4-5-14(13)16/h4-5,7,10-11H,6,8-9,16H2,1-3H3/t10-,11+. The highest BCUT2D eigenvalue weighted by atomic mass is 16.5. The molecule has 19 heavy (non-hydrogen) atoms. The van der Waals surface area contributed by atoms with Gasteiger partial charge in [0.15, 0.2) is 0 Å². The van der Waals surface area contributed by atoms with Crippen LogP contribution in [0.3, 0.4) is 0 Å². The second-order valence-corrected chi connectivity index (χ2v) is 5.61. The molecule has 1 fully saturated rings. The number of likely N-dealkylation sites (tertiary alicyclic amines) is 1. The summed E-state index contributed by atoms with van der Waals surface area (Å²) in [6, 6.07) is 5.22. The Bertz CT molecular complexity index is 463. The summed E-state index contributed by atoms with van der Waals surface area (Å²) in [4.78, 5) is 14.5. The Labute approximate surface area is 114 Å². The second kappa shape index (κ2) is 5.51. The number of carbonyl (C=O) groups excluding carboxylic acids is 1. The molecule has 1 aromatic rings. The molecule has 0 saturated carbocycles. The van der Waals surface area contributed by atoms with E-state index in [2.05, 4.69) is 13.8 Å². The number of piperidine rings is 1. The lowest BCUT2D eigenvalue weighted by molar-refractivity contribution is 0.0624. The molecule has 0 aromatic heterocycles. The lowest BCUT2D eigenvalue weighted by Crippen LogP contribution is -2.42. The summed E-state index contributed by atoms with van der Waals surface area (Å²) in [6.45, 7) is 5.98. The Morgan fingerprint density at radius 2 is 1.95 bits per heavy atom. The van der Waals surface area contributed by atoms with Gasteiger partial charge in [-0.25, -0.2) is 0 Å². The van der Waals surface area contributed by atoms with Gasteiger partial charge in [0.25, 0.3) is 5.91 Å². The fraction of sp³-hybridized carbons (Fsp3) is 0.533. The first-order valence-corrected chi connectivity index (χ1v) is 6.74. The number of nitrogens with zero attached hydrogens (tertiary/aromatic N) is 1. The first-order chi connectivity index (χ1) is 9.01. The first kappa shape index (κ1) is 13.7. The number of anilines is 1. The summed E-state index contributed by atoms with van der Waals surface area (Å²) >= 11 is 0. The van der Waals surface area contributed by atoms with Crippen molar-refractivity contribution < 1.29 is 9.53 Å². The van der Waals surface area contributed by atoms with E-state index < -0.39 is 0 Å². The van der Waals surface area contributed by atoms with Crippen molar-refractivity contribution in [2.24, 2.45) is 11.8 Å². The van der Waals surface area contributed by atoms with Crippen molar-refractivity contribution in [2.45, 2.75) is 20.3 Å². The molecule has 1 heterocycles. The number of methoxy groups -OCH3 is 1. The maximum absolute atomic E-state index is 12.6. The van der Waals surface area contributed by atoms with Gasteiger partial charge in [-0.1, -0.05) is 13.8 Å². The van der Waals surface area contributed by atoms with Crippen LogP contribution in [0, 0.1) is 11.8 Å². The van der Waals surface area contributed by atoms with Crippen LogP contribution in [-0.4, -0.2) is 31.0 Å². The monoisotopic (exact) mass is 262 g/mol. The van der Waals surface area contributed by atoms with Gasteiger partial charge in [0.1, 0.15) is 5.75 Å². The SMILES string of the molecule is COc1ccc(N)c(C(=O)N2C[C@H](C)C[C@H](C)C2)c1. The third kappa shape index (κ3) is 3.00. The molecule has 0 spiro atoms. The topological polar surface area (TPSA) is 55.6 Å². The number of ether oxygens (including phenoxy) is 1. The van der Waals surface area contributed by atoms with E-state index in [0.29, 0.717) is 28.8 Å². The average Bonchev–Trinajstić information content (AvgIpc) is 2.37. The number of rotatable bonds is 2. The predicted molar refractivity (Wildman–Crippen MR) is 76.3 cm³/mol. The van der Waals surface area contributed by atoms with Gasteiger partial charge in [0.2, 0.25) is 0 Å². The van der Waals surface area contributed by atoms with Crippen LogP contribution in [0.5, 0.6) is 5.75 Å². The van der Waals surface area contributed by atoms with Gasteiger partial charge in [-0.15, -0.1) is 0 Å². The summed E-state index contributed by atoms with van der Waals surface area (Å²) in [5.74, 6) is 1.75. The molecular weight excluding hydrogens is 240 g/mol. The Hall–Kier alpha value is -1.71. The number of nitrogens with two attached hydrogens (primary N) is 1. The van der Waals surface area contributed by atoms with Crippen LogP contribution in [0.4, 0.5) is 5.69 Å². The molecule has 4 nitrogen and oxygen atoms in total. The number of nitrogen functional groups attached to an aromatic ring is 1. The van der Waals surface area contributed by atoms with Gasteiger partial charge in [-0.2, -0.15) is 0 Å². The molecule has 2 atom stereocenters. The zero-order valence-corrected chi connectivity index (χ0v) is 11.8. The Morgan fingerprint density at radius 3 is 2.53 bits per heavy atom. The van der Waals surface area contributed by atoms with Crippen LogP contribution in [0.25, 0.3) is 0 Å². The van der Waals surface area contributed by atoms with Crippen LogP contribution in [0.2, 0.25) is 0 Å². The van der Waals surface area contributed by atoms with Crippen molar-refractivity contribution in [2.75, 3.05) is 25.9 Å².